The molecule has 40 heavy (non-hydrogen) atoms. The van der Waals surface area contributed by atoms with Gasteiger partial charge in [-0.25, -0.2) is 4.79 Å². The maximum atomic E-state index is 13.5. The predicted molar refractivity (Wildman–Crippen MR) is 147 cm³/mol. The molecule has 2 aromatic rings. The van der Waals surface area contributed by atoms with Crippen LogP contribution in [0.25, 0.3) is 0 Å². The molecule has 4 amide bonds. The number of aromatic hydroxyl groups is 1. The molecule has 2 aromatic carbocycles. The van der Waals surface area contributed by atoms with Gasteiger partial charge in [-0.15, -0.1) is 0 Å². The van der Waals surface area contributed by atoms with Crippen molar-refractivity contribution in [1.29, 1.82) is 0 Å². The van der Waals surface area contributed by atoms with Gasteiger partial charge in [0.2, 0.25) is 23.6 Å². The number of hydrogen-bond acceptors (Lipinski definition) is 7. The van der Waals surface area contributed by atoms with E-state index in [2.05, 4.69) is 16.0 Å². The van der Waals surface area contributed by atoms with Crippen LogP contribution < -0.4 is 27.4 Å². The number of carboxylic acid groups (broad SMARTS) is 1. The van der Waals surface area contributed by atoms with E-state index in [4.69, 9.17) is 11.5 Å². The highest BCUT2D eigenvalue weighted by molar-refractivity contribution is 5.95. The Labute approximate surface area is 232 Å². The number of carboxylic acids is 1. The van der Waals surface area contributed by atoms with Crippen molar-refractivity contribution in [2.24, 2.45) is 17.4 Å². The second-order valence-corrected chi connectivity index (χ2v) is 9.99. The first kappa shape index (κ1) is 31.8. The Balaban J connectivity index is 2.32. The van der Waals surface area contributed by atoms with Crippen LogP contribution in [0.2, 0.25) is 0 Å². The molecule has 0 radical (unpaired) electrons. The molecular formula is C28H37N5O7. The molecule has 2 rings (SSSR count). The van der Waals surface area contributed by atoms with Gasteiger partial charge in [0.15, 0.2) is 0 Å². The summed E-state index contributed by atoms with van der Waals surface area (Å²) in [6, 6.07) is 9.90. The number of amides is 4. The molecular weight excluding hydrogens is 518 g/mol. The van der Waals surface area contributed by atoms with Crippen molar-refractivity contribution in [3.05, 3.63) is 65.7 Å². The van der Waals surface area contributed by atoms with E-state index in [1.807, 2.05) is 13.8 Å². The molecule has 0 aliphatic rings. The molecule has 12 heteroatoms. The monoisotopic (exact) mass is 555 g/mol. The van der Waals surface area contributed by atoms with E-state index < -0.39 is 60.2 Å². The summed E-state index contributed by atoms with van der Waals surface area (Å²) < 4.78 is 0. The summed E-state index contributed by atoms with van der Waals surface area (Å²) >= 11 is 0. The summed E-state index contributed by atoms with van der Waals surface area (Å²) in [6.07, 6.45) is -0.241. The van der Waals surface area contributed by atoms with E-state index in [1.54, 1.807) is 42.5 Å². The van der Waals surface area contributed by atoms with Gasteiger partial charge in [0, 0.05) is 12.8 Å². The Morgan fingerprint density at radius 3 is 1.70 bits per heavy atom. The van der Waals surface area contributed by atoms with E-state index >= 15 is 0 Å². The molecule has 9 N–H and O–H groups in total. The number of rotatable bonds is 15. The number of benzene rings is 2. The molecule has 4 unspecified atom stereocenters. The lowest BCUT2D eigenvalue weighted by atomic mass is 10.0. The van der Waals surface area contributed by atoms with E-state index in [9.17, 15) is 34.2 Å². The fourth-order valence-corrected chi connectivity index (χ4v) is 3.96. The highest BCUT2D eigenvalue weighted by Gasteiger charge is 2.31. The fourth-order valence-electron chi connectivity index (χ4n) is 3.96. The van der Waals surface area contributed by atoms with Crippen LogP contribution in [0.4, 0.5) is 0 Å². The minimum Gasteiger partial charge on any atom is -0.508 e. The number of hydrogen-bond donors (Lipinski definition) is 7. The van der Waals surface area contributed by atoms with Crippen LogP contribution in [0.1, 0.15) is 37.8 Å². The van der Waals surface area contributed by atoms with Crippen LogP contribution in [0, 0.1) is 5.92 Å². The van der Waals surface area contributed by atoms with Gasteiger partial charge >= 0.3 is 5.97 Å². The van der Waals surface area contributed by atoms with Crippen LogP contribution in [0.5, 0.6) is 5.75 Å². The molecule has 0 aliphatic carbocycles. The topological polar surface area (TPSA) is 214 Å². The van der Waals surface area contributed by atoms with Gasteiger partial charge in [0.05, 0.1) is 12.5 Å². The highest BCUT2D eigenvalue weighted by atomic mass is 16.4. The number of carbonyl (C=O) groups is 5. The zero-order valence-electron chi connectivity index (χ0n) is 22.5. The van der Waals surface area contributed by atoms with Crippen LogP contribution in [-0.2, 0) is 36.8 Å². The summed E-state index contributed by atoms with van der Waals surface area (Å²) in [5, 5.41) is 26.8. The first-order valence-corrected chi connectivity index (χ1v) is 12.8. The molecule has 0 saturated heterocycles. The van der Waals surface area contributed by atoms with Crippen LogP contribution in [0.3, 0.4) is 0 Å². The van der Waals surface area contributed by atoms with Crippen molar-refractivity contribution in [1.82, 2.24) is 16.0 Å². The molecule has 12 nitrogen and oxygen atoms in total. The zero-order chi connectivity index (χ0) is 29.8. The maximum absolute atomic E-state index is 13.5. The maximum Gasteiger partial charge on any atom is 0.326 e. The Bertz CT molecular complexity index is 1170. The van der Waals surface area contributed by atoms with Gasteiger partial charge < -0.3 is 37.6 Å². The lowest BCUT2D eigenvalue weighted by Crippen LogP contribution is -2.58. The Morgan fingerprint density at radius 2 is 1.23 bits per heavy atom. The molecule has 216 valence electrons. The summed E-state index contributed by atoms with van der Waals surface area (Å²) in [5.74, 6) is -4.25. The number of aliphatic carboxylic acids is 1. The van der Waals surface area contributed by atoms with Gasteiger partial charge in [-0.05, 0) is 35.6 Å². The first-order valence-electron chi connectivity index (χ1n) is 12.8. The van der Waals surface area contributed by atoms with Crippen molar-refractivity contribution in [3.8, 4) is 5.75 Å². The van der Waals surface area contributed by atoms with Crippen LogP contribution in [-0.4, -0.2) is 64.0 Å². The summed E-state index contributed by atoms with van der Waals surface area (Å²) in [4.78, 5) is 62.4. The number of primary amides is 1. The second-order valence-electron chi connectivity index (χ2n) is 9.99. The van der Waals surface area contributed by atoms with E-state index in [1.165, 1.54) is 12.1 Å². The van der Waals surface area contributed by atoms with Gasteiger partial charge in [0.1, 0.15) is 23.9 Å². The largest absolute Gasteiger partial charge is 0.508 e. The molecule has 0 bridgehead atoms. The van der Waals surface area contributed by atoms with Crippen LogP contribution in [0.15, 0.2) is 54.6 Å². The molecule has 0 aliphatic heterocycles. The lowest BCUT2D eigenvalue weighted by molar-refractivity contribution is -0.142. The molecule has 0 saturated carbocycles. The van der Waals surface area contributed by atoms with Crippen molar-refractivity contribution < 1.29 is 34.2 Å². The van der Waals surface area contributed by atoms with Crippen LogP contribution >= 0.6 is 0 Å². The fraction of sp³-hybridized carbons (Fsp3) is 0.393. The third-order valence-corrected chi connectivity index (χ3v) is 6.00. The van der Waals surface area contributed by atoms with Gasteiger partial charge in [0.25, 0.3) is 0 Å². The van der Waals surface area contributed by atoms with Crippen molar-refractivity contribution in [2.45, 2.75) is 63.7 Å². The second kappa shape index (κ2) is 15.2. The highest BCUT2D eigenvalue weighted by Crippen LogP contribution is 2.13. The van der Waals surface area contributed by atoms with Gasteiger partial charge in [-0.2, -0.15) is 0 Å². The molecule has 0 heterocycles. The van der Waals surface area contributed by atoms with Crippen molar-refractivity contribution in [3.63, 3.8) is 0 Å². The van der Waals surface area contributed by atoms with Crippen molar-refractivity contribution >= 4 is 29.6 Å². The SMILES string of the molecule is CC(C)CC(NC(=O)C(Cc1ccccc1)NC(=O)C(Cc1ccc(O)cc1)NC(=O)C(N)CC(N)=O)C(=O)O. The lowest BCUT2D eigenvalue weighted by Gasteiger charge is -2.26. The standard InChI is InChI=1S/C28H37N5O7/c1-16(2)12-23(28(39)40)33-27(38)22(13-17-6-4-3-5-7-17)32-26(37)21(14-18-8-10-19(34)11-9-18)31-25(36)20(29)15-24(30)35/h3-11,16,20-23,34H,12-15,29H2,1-2H3,(H2,30,35)(H,31,36)(H,32,37)(H,33,38)(H,39,40). The van der Waals surface area contributed by atoms with Crippen molar-refractivity contribution in [2.75, 3.05) is 0 Å². The predicted octanol–water partition coefficient (Wildman–Crippen LogP) is -0.0348. The van der Waals surface area contributed by atoms with E-state index in [0.29, 0.717) is 11.1 Å². The molecule has 0 spiro atoms. The van der Waals surface area contributed by atoms with Gasteiger partial charge in [-0.1, -0.05) is 56.3 Å². The third-order valence-electron chi connectivity index (χ3n) is 6.00. The average Bonchev–Trinajstić information content (AvgIpc) is 2.88. The number of nitrogens with two attached hydrogens (primary N) is 2. The third kappa shape index (κ3) is 10.7. The molecule has 0 aromatic heterocycles. The van der Waals surface area contributed by atoms with Gasteiger partial charge in [-0.3, -0.25) is 19.2 Å². The number of nitrogens with one attached hydrogen (secondary N) is 3. The minimum absolute atomic E-state index is 0.00578. The Kier molecular flexibility index (Phi) is 12.1. The van der Waals surface area contributed by atoms with E-state index in [-0.39, 0.29) is 30.9 Å². The molecule has 0 fully saturated rings. The number of carbonyl (C=O) groups excluding carboxylic acids is 4. The Hall–Kier alpha value is -4.45. The minimum atomic E-state index is -1.30. The normalized spacial score (nSPS) is 13.9. The summed E-state index contributed by atoms with van der Waals surface area (Å²) in [7, 11) is 0. The zero-order valence-corrected chi connectivity index (χ0v) is 22.5. The average molecular weight is 556 g/mol. The summed E-state index contributed by atoms with van der Waals surface area (Å²) in [6.45, 7) is 3.65. The Morgan fingerprint density at radius 1 is 0.750 bits per heavy atom. The smallest absolute Gasteiger partial charge is 0.326 e. The van der Waals surface area contributed by atoms with E-state index in [0.717, 1.165) is 0 Å². The number of phenols is 1. The molecule has 4 atom stereocenters. The first-order chi connectivity index (χ1) is 18.8. The summed E-state index contributed by atoms with van der Waals surface area (Å²) in [5.41, 5.74) is 12.2. The number of phenolic OH excluding ortho intramolecular Hbond substituents is 1. The quantitative estimate of drug-likeness (QED) is 0.158.